The van der Waals surface area contributed by atoms with Gasteiger partial charge in [0.2, 0.25) is 5.95 Å². The fourth-order valence-corrected chi connectivity index (χ4v) is 3.70. The average Bonchev–Trinajstić information content (AvgIpc) is 3.09. The van der Waals surface area contributed by atoms with Crippen LogP contribution in [0.1, 0.15) is 24.8 Å². The first-order valence-corrected chi connectivity index (χ1v) is 9.67. The van der Waals surface area contributed by atoms with Crippen molar-refractivity contribution in [2.45, 2.75) is 25.8 Å². The number of aliphatic imine (C=N–C) groups is 1. The van der Waals surface area contributed by atoms with Crippen molar-refractivity contribution in [3.8, 4) is 0 Å². The molecule has 3 aromatic rings. The number of imidazole rings is 1. The van der Waals surface area contributed by atoms with E-state index < -0.39 is 0 Å². The molecule has 2 aromatic carbocycles. The molecule has 1 fully saturated rings. The van der Waals surface area contributed by atoms with E-state index in [-0.39, 0.29) is 10.6 Å². The third kappa shape index (κ3) is 3.94. The number of hydrogen-bond donors (Lipinski definition) is 0. The number of hydrogen-bond acceptors (Lipinski definition) is 5. The van der Waals surface area contributed by atoms with Crippen LogP contribution in [-0.2, 0) is 6.54 Å². The molecule has 1 saturated heterocycles. The lowest BCUT2D eigenvalue weighted by molar-refractivity contribution is -0.385. The Morgan fingerprint density at radius 1 is 1.04 bits per heavy atom. The number of rotatable bonds is 6. The second-order valence-corrected chi connectivity index (χ2v) is 7.03. The molecule has 2 heterocycles. The van der Waals surface area contributed by atoms with Crippen LogP contribution in [-0.4, -0.2) is 45.2 Å². The van der Waals surface area contributed by atoms with Crippen LogP contribution in [0.3, 0.4) is 0 Å². The number of fused-ring (bicyclic) bond motifs is 1. The van der Waals surface area contributed by atoms with E-state index in [1.54, 1.807) is 18.2 Å². The minimum Gasteiger partial charge on any atom is -0.307 e. The predicted octanol–water partition coefficient (Wildman–Crippen LogP) is 4.18. The molecule has 1 aliphatic heterocycles. The van der Waals surface area contributed by atoms with Gasteiger partial charge in [-0.2, -0.15) is 0 Å². The molecule has 0 spiro atoms. The molecule has 1 aromatic heterocycles. The second-order valence-electron chi connectivity index (χ2n) is 7.03. The minimum absolute atomic E-state index is 0.0437. The maximum atomic E-state index is 11.2. The van der Waals surface area contributed by atoms with E-state index in [9.17, 15) is 10.1 Å². The number of nitro groups is 1. The fraction of sp³-hybridized carbons (Fsp3) is 0.333. The standard InChI is InChI=1S/C21H23N5O2/c27-26(28)19-10-4-2-8-17(19)16-22-21-23-18-9-3-5-11-20(18)25(21)15-14-24-12-6-1-7-13-24/h2-5,8-11,16H,1,6-7,12-15H2/b22-16+. The zero-order valence-electron chi connectivity index (χ0n) is 15.7. The average molecular weight is 377 g/mol. The number of nitrogens with zero attached hydrogens (tertiary/aromatic N) is 5. The summed E-state index contributed by atoms with van der Waals surface area (Å²) in [6.45, 7) is 4.03. The van der Waals surface area contributed by atoms with Gasteiger partial charge in [0.05, 0.1) is 21.5 Å². The van der Waals surface area contributed by atoms with E-state index in [4.69, 9.17) is 0 Å². The molecule has 0 amide bonds. The summed E-state index contributed by atoms with van der Waals surface area (Å²) < 4.78 is 2.11. The summed E-state index contributed by atoms with van der Waals surface area (Å²) in [4.78, 5) is 22.5. The third-order valence-electron chi connectivity index (χ3n) is 5.18. The van der Waals surface area contributed by atoms with Crippen LogP contribution >= 0.6 is 0 Å². The monoisotopic (exact) mass is 377 g/mol. The first-order valence-electron chi connectivity index (χ1n) is 9.67. The van der Waals surface area contributed by atoms with Crippen LogP contribution in [0.5, 0.6) is 0 Å². The highest BCUT2D eigenvalue weighted by Crippen LogP contribution is 2.23. The highest BCUT2D eigenvalue weighted by Gasteiger charge is 2.14. The lowest BCUT2D eigenvalue weighted by atomic mass is 10.1. The Bertz CT molecular complexity index is 1000. The first-order chi connectivity index (χ1) is 13.7. The number of likely N-dealkylation sites (tertiary alicyclic amines) is 1. The maximum Gasteiger partial charge on any atom is 0.278 e. The molecule has 0 atom stereocenters. The van der Waals surface area contributed by atoms with Crippen molar-refractivity contribution in [1.29, 1.82) is 0 Å². The molecule has 1 aliphatic rings. The second kappa shape index (κ2) is 8.31. The summed E-state index contributed by atoms with van der Waals surface area (Å²) in [5.74, 6) is 0.580. The van der Waals surface area contributed by atoms with Crippen molar-refractivity contribution in [2.75, 3.05) is 19.6 Å². The van der Waals surface area contributed by atoms with Gasteiger partial charge >= 0.3 is 0 Å². The van der Waals surface area contributed by atoms with Crippen LogP contribution in [0.4, 0.5) is 11.6 Å². The summed E-state index contributed by atoms with van der Waals surface area (Å²) in [5, 5.41) is 11.2. The lowest BCUT2D eigenvalue weighted by Crippen LogP contribution is -2.32. The van der Waals surface area contributed by atoms with Crippen LogP contribution in [0, 0.1) is 10.1 Å². The van der Waals surface area contributed by atoms with E-state index in [1.165, 1.54) is 31.5 Å². The van der Waals surface area contributed by atoms with Gasteiger partial charge < -0.3 is 9.47 Å². The van der Waals surface area contributed by atoms with Crippen LogP contribution in [0.2, 0.25) is 0 Å². The third-order valence-corrected chi connectivity index (χ3v) is 5.18. The Kier molecular flexibility index (Phi) is 5.43. The number of nitro benzene ring substituents is 1. The Hall–Kier alpha value is -3.06. The molecule has 7 nitrogen and oxygen atoms in total. The van der Waals surface area contributed by atoms with Crippen LogP contribution in [0.15, 0.2) is 53.5 Å². The van der Waals surface area contributed by atoms with Crippen molar-refractivity contribution in [3.63, 3.8) is 0 Å². The molecule has 0 saturated carbocycles. The van der Waals surface area contributed by atoms with Gasteiger partial charge in [0.25, 0.3) is 5.69 Å². The number of benzene rings is 2. The molecule has 0 radical (unpaired) electrons. The molecule has 0 bridgehead atoms. The largest absolute Gasteiger partial charge is 0.307 e. The molecular weight excluding hydrogens is 354 g/mol. The van der Waals surface area contributed by atoms with Crippen molar-refractivity contribution in [3.05, 3.63) is 64.2 Å². The van der Waals surface area contributed by atoms with Crippen LogP contribution < -0.4 is 0 Å². The Balaban J connectivity index is 1.64. The van der Waals surface area contributed by atoms with Crippen molar-refractivity contribution in [1.82, 2.24) is 14.5 Å². The van der Waals surface area contributed by atoms with Gasteiger partial charge in [-0.3, -0.25) is 10.1 Å². The molecular formula is C21H23N5O2. The van der Waals surface area contributed by atoms with Crippen molar-refractivity contribution < 1.29 is 4.92 Å². The molecule has 144 valence electrons. The van der Waals surface area contributed by atoms with Gasteiger partial charge in [-0.25, -0.2) is 9.98 Å². The van der Waals surface area contributed by atoms with E-state index in [1.807, 2.05) is 24.3 Å². The van der Waals surface area contributed by atoms with Gasteiger partial charge in [0.1, 0.15) is 0 Å². The van der Waals surface area contributed by atoms with E-state index >= 15 is 0 Å². The van der Waals surface area contributed by atoms with Gasteiger partial charge in [0.15, 0.2) is 0 Å². The van der Waals surface area contributed by atoms with Gasteiger partial charge in [-0.15, -0.1) is 0 Å². The fourth-order valence-electron chi connectivity index (χ4n) is 3.70. The minimum atomic E-state index is -0.388. The predicted molar refractivity (Wildman–Crippen MR) is 110 cm³/mol. The summed E-state index contributed by atoms with van der Waals surface area (Å²) >= 11 is 0. The van der Waals surface area contributed by atoms with Crippen molar-refractivity contribution >= 4 is 28.9 Å². The molecule has 28 heavy (non-hydrogen) atoms. The van der Waals surface area contributed by atoms with Gasteiger partial charge in [-0.1, -0.05) is 30.7 Å². The smallest absolute Gasteiger partial charge is 0.278 e. The van der Waals surface area contributed by atoms with E-state index in [2.05, 4.69) is 19.4 Å². The quantitative estimate of drug-likeness (QED) is 0.367. The Morgan fingerprint density at radius 3 is 2.61 bits per heavy atom. The summed E-state index contributed by atoms with van der Waals surface area (Å²) in [5.41, 5.74) is 2.44. The van der Waals surface area contributed by atoms with E-state index in [0.717, 1.165) is 37.2 Å². The number of para-hydroxylation sites is 3. The molecule has 7 heteroatoms. The highest BCUT2D eigenvalue weighted by atomic mass is 16.6. The Labute approximate surface area is 163 Å². The highest BCUT2D eigenvalue weighted by molar-refractivity contribution is 5.87. The normalized spacial score (nSPS) is 15.4. The van der Waals surface area contributed by atoms with Crippen molar-refractivity contribution in [2.24, 2.45) is 4.99 Å². The van der Waals surface area contributed by atoms with Gasteiger partial charge in [0, 0.05) is 25.4 Å². The molecule has 0 aliphatic carbocycles. The SMILES string of the molecule is O=[N+]([O-])c1ccccc1/C=N/c1nc2ccccc2n1CCN1CCCCC1. The molecule has 4 rings (SSSR count). The Morgan fingerprint density at radius 2 is 1.79 bits per heavy atom. The maximum absolute atomic E-state index is 11.2. The number of aromatic nitrogens is 2. The van der Waals surface area contributed by atoms with E-state index in [0.29, 0.717) is 11.5 Å². The topological polar surface area (TPSA) is 76.6 Å². The number of piperidine rings is 1. The zero-order valence-corrected chi connectivity index (χ0v) is 15.7. The van der Waals surface area contributed by atoms with Gasteiger partial charge in [-0.05, 0) is 44.1 Å². The zero-order chi connectivity index (χ0) is 19.3. The molecule has 0 N–H and O–H groups in total. The summed E-state index contributed by atoms with van der Waals surface area (Å²) in [6, 6.07) is 14.6. The summed E-state index contributed by atoms with van der Waals surface area (Å²) in [6.07, 6.45) is 5.37. The van der Waals surface area contributed by atoms with Crippen LogP contribution in [0.25, 0.3) is 11.0 Å². The first kappa shape index (κ1) is 18.3. The summed E-state index contributed by atoms with van der Waals surface area (Å²) in [7, 11) is 0. The lowest BCUT2D eigenvalue weighted by Gasteiger charge is -2.26. The molecule has 0 unspecified atom stereocenters.